The topological polar surface area (TPSA) is 46.5 Å². The molecule has 29 heavy (non-hydrogen) atoms. The van der Waals surface area contributed by atoms with Gasteiger partial charge in [-0.15, -0.1) is 0 Å². The van der Waals surface area contributed by atoms with Gasteiger partial charge >= 0.3 is 5.97 Å². The van der Waals surface area contributed by atoms with Gasteiger partial charge in [0, 0.05) is 11.8 Å². The molecule has 0 saturated heterocycles. The molecule has 0 amide bonds. The van der Waals surface area contributed by atoms with E-state index in [0.717, 1.165) is 6.42 Å². The predicted octanol–water partition coefficient (Wildman–Crippen LogP) is 5.91. The number of allylic oxidation sites excluding steroid dienone is 1. The Hall–Kier alpha value is -0.830. The van der Waals surface area contributed by atoms with Gasteiger partial charge in [-0.2, -0.15) is 0 Å². The van der Waals surface area contributed by atoms with Gasteiger partial charge < -0.3 is 9.84 Å². The zero-order chi connectivity index (χ0) is 21.0. The zero-order valence-electron chi connectivity index (χ0n) is 19.3. The van der Waals surface area contributed by atoms with Crippen molar-refractivity contribution in [1.82, 2.24) is 0 Å². The lowest BCUT2D eigenvalue weighted by atomic mass is 9.43. The van der Waals surface area contributed by atoms with E-state index in [1.165, 1.54) is 58.5 Å². The molecule has 8 unspecified atom stereocenters. The van der Waals surface area contributed by atoms with Gasteiger partial charge in [-0.3, -0.25) is 4.79 Å². The summed E-state index contributed by atoms with van der Waals surface area (Å²) in [5, 5.41) is 11.5. The van der Waals surface area contributed by atoms with E-state index in [1.54, 1.807) is 5.57 Å². The highest BCUT2D eigenvalue weighted by molar-refractivity contribution is 5.69. The summed E-state index contributed by atoms with van der Waals surface area (Å²) in [5.74, 6) is 2.05. The normalized spacial score (nSPS) is 47.4. The average Bonchev–Trinajstić information content (AvgIpc) is 3.06. The van der Waals surface area contributed by atoms with Crippen LogP contribution in [0.1, 0.15) is 91.9 Å². The number of methoxy groups -OCH3 is 1. The van der Waals surface area contributed by atoms with Crippen LogP contribution in [0, 0.1) is 39.9 Å². The molecule has 4 aliphatic carbocycles. The number of fused-ring (bicyclic) bond motifs is 5. The van der Waals surface area contributed by atoms with Gasteiger partial charge in [0.05, 0.1) is 13.2 Å². The fourth-order valence-corrected chi connectivity index (χ4v) is 8.45. The minimum atomic E-state index is -0.354. The number of hydrogen-bond donors (Lipinski definition) is 1. The third-order valence-electron chi connectivity index (χ3n) is 10.6. The molecule has 4 rings (SSSR count). The highest BCUT2D eigenvalue weighted by Gasteiger charge is 2.62. The van der Waals surface area contributed by atoms with Gasteiger partial charge in [0.1, 0.15) is 0 Å². The van der Waals surface area contributed by atoms with Crippen LogP contribution in [0.15, 0.2) is 11.6 Å². The Balaban J connectivity index is 1.62. The minimum absolute atomic E-state index is 0.0531. The lowest BCUT2D eigenvalue weighted by molar-refractivity contribution is -0.141. The Bertz CT molecular complexity index is 683. The van der Waals surface area contributed by atoms with E-state index in [4.69, 9.17) is 4.74 Å². The van der Waals surface area contributed by atoms with E-state index in [0.29, 0.717) is 35.5 Å². The first-order valence-corrected chi connectivity index (χ1v) is 12.1. The maximum Gasteiger partial charge on any atom is 0.305 e. The van der Waals surface area contributed by atoms with Crippen LogP contribution < -0.4 is 0 Å². The van der Waals surface area contributed by atoms with Crippen LogP contribution in [-0.4, -0.2) is 24.3 Å². The summed E-state index contributed by atoms with van der Waals surface area (Å²) in [6.45, 7) is 9.69. The van der Waals surface area contributed by atoms with Crippen molar-refractivity contribution in [2.45, 2.75) is 98.0 Å². The van der Waals surface area contributed by atoms with Crippen LogP contribution in [0.25, 0.3) is 0 Å². The van der Waals surface area contributed by atoms with E-state index >= 15 is 0 Å². The van der Waals surface area contributed by atoms with Gasteiger partial charge in [-0.05, 0) is 79.4 Å². The van der Waals surface area contributed by atoms with Crippen molar-refractivity contribution in [1.29, 1.82) is 0 Å². The molecule has 0 aliphatic heterocycles. The van der Waals surface area contributed by atoms with Crippen LogP contribution >= 0.6 is 0 Å². The molecule has 0 bridgehead atoms. The third-order valence-corrected chi connectivity index (χ3v) is 10.6. The van der Waals surface area contributed by atoms with Crippen LogP contribution in [-0.2, 0) is 9.53 Å². The maximum atomic E-state index is 11.7. The number of esters is 1. The van der Waals surface area contributed by atoms with Gasteiger partial charge in [0.2, 0.25) is 0 Å². The van der Waals surface area contributed by atoms with Gasteiger partial charge in [0.15, 0.2) is 0 Å². The molecule has 3 nitrogen and oxygen atoms in total. The summed E-state index contributed by atoms with van der Waals surface area (Å²) in [6, 6.07) is 0. The van der Waals surface area contributed by atoms with E-state index in [2.05, 4.69) is 33.8 Å². The summed E-state index contributed by atoms with van der Waals surface area (Å²) in [4.78, 5) is 11.7. The molecule has 0 radical (unpaired) electrons. The Kier molecular flexibility index (Phi) is 5.46. The van der Waals surface area contributed by atoms with Crippen LogP contribution in [0.4, 0.5) is 0 Å². The molecule has 0 aromatic heterocycles. The van der Waals surface area contributed by atoms with Gasteiger partial charge in [-0.25, -0.2) is 0 Å². The van der Waals surface area contributed by atoms with Crippen molar-refractivity contribution >= 4 is 5.97 Å². The molecule has 3 saturated carbocycles. The summed E-state index contributed by atoms with van der Waals surface area (Å²) in [6.07, 6.45) is 13.7. The molecule has 8 atom stereocenters. The molecular weight excluding hydrogens is 360 g/mol. The number of carbonyl (C=O) groups excluding carboxylic acids is 1. The highest BCUT2D eigenvalue weighted by Crippen LogP contribution is 2.69. The first-order valence-electron chi connectivity index (χ1n) is 12.1. The first kappa shape index (κ1) is 21.4. The monoisotopic (exact) mass is 402 g/mol. The first-order chi connectivity index (χ1) is 13.7. The fourth-order valence-electron chi connectivity index (χ4n) is 8.45. The van der Waals surface area contributed by atoms with E-state index in [1.807, 2.05) is 0 Å². The third kappa shape index (κ3) is 3.05. The van der Waals surface area contributed by atoms with Gasteiger partial charge in [-0.1, -0.05) is 52.2 Å². The lowest BCUT2D eigenvalue weighted by Crippen LogP contribution is -2.55. The number of aliphatic hydroxyl groups is 1. The molecule has 0 heterocycles. The molecule has 3 fully saturated rings. The Labute approximate surface area is 177 Å². The number of rotatable bonds is 4. The average molecular weight is 403 g/mol. The summed E-state index contributed by atoms with van der Waals surface area (Å²) in [5.41, 5.74) is 2.24. The number of aliphatic hydroxyl groups excluding tert-OH is 1. The molecule has 0 aromatic carbocycles. The van der Waals surface area contributed by atoms with Gasteiger partial charge in [0.25, 0.3) is 0 Å². The fraction of sp³-hybridized carbons (Fsp3) is 0.885. The van der Waals surface area contributed by atoms with Crippen molar-refractivity contribution < 1.29 is 14.6 Å². The molecule has 164 valence electrons. The maximum absolute atomic E-state index is 11.7. The van der Waals surface area contributed by atoms with E-state index in [9.17, 15) is 9.90 Å². The van der Waals surface area contributed by atoms with Crippen molar-refractivity contribution in [3.05, 3.63) is 11.6 Å². The highest BCUT2D eigenvalue weighted by atomic mass is 16.5. The molecule has 3 heteroatoms. The standard InChI is InChI=1S/C26H42O3/c1-17(8-11-23(28)29-5)19-9-10-20-18-12-15-24(2)13-6-7-14-25(24,3)21(18)16-22(27)26(19,20)4/h16-20,22,27H,6-15H2,1-5H3. The molecule has 1 N–H and O–H groups in total. The SMILES string of the molecule is COC(=O)CCC(C)C1CCC2C3CCC4(C)CCCCC4(C)C3=CC(O)C12C. The largest absolute Gasteiger partial charge is 0.469 e. The lowest BCUT2D eigenvalue weighted by Gasteiger charge is -2.62. The smallest absolute Gasteiger partial charge is 0.305 e. The van der Waals surface area contributed by atoms with E-state index < -0.39 is 0 Å². The van der Waals surface area contributed by atoms with E-state index in [-0.39, 0.29) is 22.9 Å². The van der Waals surface area contributed by atoms with Crippen LogP contribution in [0.3, 0.4) is 0 Å². The van der Waals surface area contributed by atoms with Crippen molar-refractivity contribution in [3.63, 3.8) is 0 Å². The second kappa shape index (κ2) is 7.39. The Morgan fingerprint density at radius 2 is 1.90 bits per heavy atom. The molecular formula is C26H42O3. The quantitative estimate of drug-likeness (QED) is 0.470. The van der Waals surface area contributed by atoms with Crippen LogP contribution in [0.5, 0.6) is 0 Å². The molecule has 0 spiro atoms. The Morgan fingerprint density at radius 3 is 2.62 bits per heavy atom. The zero-order valence-corrected chi connectivity index (χ0v) is 19.3. The summed E-state index contributed by atoms with van der Waals surface area (Å²) >= 11 is 0. The summed E-state index contributed by atoms with van der Waals surface area (Å²) in [7, 11) is 1.47. The number of hydrogen-bond acceptors (Lipinski definition) is 3. The number of carbonyl (C=O) groups is 1. The minimum Gasteiger partial charge on any atom is -0.469 e. The molecule has 4 aliphatic rings. The van der Waals surface area contributed by atoms with Crippen LogP contribution in [0.2, 0.25) is 0 Å². The summed E-state index contributed by atoms with van der Waals surface area (Å²) < 4.78 is 4.86. The number of ether oxygens (including phenoxy) is 1. The second-order valence-corrected chi connectivity index (χ2v) is 11.6. The second-order valence-electron chi connectivity index (χ2n) is 11.6. The molecule has 0 aromatic rings. The van der Waals surface area contributed by atoms with Crippen molar-refractivity contribution in [3.8, 4) is 0 Å². The van der Waals surface area contributed by atoms with Crippen molar-refractivity contribution in [2.75, 3.05) is 7.11 Å². The Morgan fingerprint density at radius 1 is 1.17 bits per heavy atom. The predicted molar refractivity (Wildman–Crippen MR) is 116 cm³/mol. The van der Waals surface area contributed by atoms with Crippen molar-refractivity contribution in [2.24, 2.45) is 39.9 Å².